The third-order valence-electron chi connectivity index (χ3n) is 3.78. The molecule has 3 rings (SSSR count). The summed E-state index contributed by atoms with van der Waals surface area (Å²) in [5.41, 5.74) is 0.449. The molecule has 0 aliphatic heterocycles. The molecule has 6 nitrogen and oxygen atoms in total. The Bertz CT molecular complexity index is 969. The van der Waals surface area contributed by atoms with Crippen molar-refractivity contribution in [1.29, 1.82) is 0 Å². The first kappa shape index (κ1) is 19.0. The first-order valence-electron chi connectivity index (χ1n) is 7.92. The van der Waals surface area contributed by atoms with Gasteiger partial charge in [0.1, 0.15) is 23.1 Å². The van der Waals surface area contributed by atoms with Crippen LogP contribution in [0.15, 0.2) is 36.5 Å². The van der Waals surface area contributed by atoms with Crippen molar-refractivity contribution >= 4 is 23.3 Å². The van der Waals surface area contributed by atoms with E-state index in [2.05, 4.69) is 15.5 Å². The molecule has 0 bridgehead atoms. The fourth-order valence-electron chi connectivity index (χ4n) is 2.47. The van der Waals surface area contributed by atoms with Crippen molar-refractivity contribution in [2.24, 2.45) is 0 Å². The number of nitrogens with zero attached hydrogens (tertiary/aromatic N) is 4. The minimum absolute atomic E-state index is 0.0944. The largest absolute Gasteiger partial charge is 0.306 e. The van der Waals surface area contributed by atoms with Gasteiger partial charge in [-0.1, -0.05) is 29.8 Å². The number of carbonyl (C=O) groups is 1. The molecular formula is C17H15ClF3N5O. The summed E-state index contributed by atoms with van der Waals surface area (Å²) in [7, 11) is 0. The second-order valence-corrected chi connectivity index (χ2v) is 6.24. The normalized spacial score (nSPS) is 11.2. The van der Waals surface area contributed by atoms with Gasteiger partial charge in [-0.2, -0.15) is 10.2 Å². The number of rotatable bonds is 6. The molecule has 0 spiro atoms. The molecule has 2 aromatic heterocycles. The van der Waals surface area contributed by atoms with E-state index in [0.29, 0.717) is 11.3 Å². The summed E-state index contributed by atoms with van der Waals surface area (Å²) in [5, 5.41) is 10.5. The van der Waals surface area contributed by atoms with Gasteiger partial charge in [-0.25, -0.2) is 13.2 Å². The van der Waals surface area contributed by atoms with Crippen LogP contribution in [-0.4, -0.2) is 25.5 Å². The molecule has 10 heteroatoms. The van der Waals surface area contributed by atoms with E-state index in [1.54, 1.807) is 25.1 Å². The van der Waals surface area contributed by atoms with E-state index in [9.17, 15) is 18.0 Å². The summed E-state index contributed by atoms with van der Waals surface area (Å²) in [6.45, 7) is 1.44. The van der Waals surface area contributed by atoms with Crippen LogP contribution in [0.25, 0.3) is 0 Å². The summed E-state index contributed by atoms with van der Waals surface area (Å²) in [6, 6.07) is 7.45. The summed E-state index contributed by atoms with van der Waals surface area (Å²) in [4.78, 5) is 12.2. The molecule has 1 amide bonds. The Balaban J connectivity index is 1.68. The lowest BCUT2D eigenvalue weighted by Crippen LogP contribution is -2.21. The van der Waals surface area contributed by atoms with Crippen molar-refractivity contribution in [3.05, 3.63) is 64.3 Å². The molecule has 27 heavy (non-hydrogen) atoms. The zero-order valence-corrected chi connectivity index (χ0v) is 14.9. The van der Waals surface area contributed by atoms with Gasteiger partial charge in [0.15, 0.2) is 5.82 Å². The Kier molecular flexibility index (Phi) is 5.50. The molecule has 142 valence electrons. The van der Waals surface area contributed by atoms with E-state index in [1.165, 1.54) is 27.7 Å². The predicted octanol–water partition coefficient (Wildman–Crippen LogP) is 3.81. The average molecular weight is 398 g/mol. The van der Waals surface area contributed by atoms with Crippen molar-refractivity contribution in [2.75, 3.05) is 5.32 Å². The van der Waals surface area contributed by atoms with Crippen LogP contribution in [0.2, 0.25) is 5.02 Å². The summed E-state index contributed by atoms with van der Waals surface area (Å²) < 4.78 is 41.6. The van der Waals surface area contributed by atoms with E-state index in [-0.39, 0.29) is 29.7 Å². The average Bonchev–Trinajstić information content (AvgIpc) is 3.13. The predicted molar refractivity (Wildman–Crippen MR) is 93.3 cm³/mol. The number of aryl methyl sites for hydroxylation is 1. The summed E-state index contributed by atoms with van der Waals surface area (Å²) >= 11 is 6.06. The zero-order chi connectivity index (χ0) is 19.6. The number of alkyl halides is 2. The Morgan fingerprint density at radius 1 is 1.30 bits per heavy atom. The maximum atomic E-state index is 13.7. The van der Waals surface area contributed by atoms with Gasteiger partial charge < -0.3 is 5.32 Å². The molecule has 0 saturated carbocycles. The number of halogens is 4. The van der Waals surface area contributed by atoms with Gasteiger partial charge in [-0.15, -0.1) is 0 Å². The number of aromatic nitrogens is 4. The molecule has 1 N–H and O–H groups in total. The number of hydrogen-bond acceptors (Lipinski definition) is 3. The Morgan fingerprint density at radius 2 is 2.04 bits per heavy atom. The van der Waals surface area contributed by atoms with Crippen LogP contribution in [0.4, 0.5) is 19.0 Å². The minimum atomic E-state index is -2.71. The Hall–Kier alpha value is -2.81. The van der Waals surface area contributed by atoms with Crippen molar-refractivity contribution in [3.8, 4) is 0 Å². The fourth-order valence-corrected chi connectivity index (χ4v) is 2.67. The van der Waals surface area contributed by atoms with Crippen molar-refractivity contribution < 1.29 is 18.0 Å². The molecule has 2 heterocycles. The van der Waals surface area contributed by atoms with Crippen LogP contribution >= 0.6 is 11.6 Å². The van der Waals surface area contributed by atoms with Gasteiger partial charge in [0.25, 0.3) is 6.43 Å². The Labute approximate surface area is 157 Å². The molecule has 0 aliphatic rings. The van der Waals surface area contributed by atoms with Crippen LogP contribution in [0.1, 0.15) is 23.4 Å². The van der Waals surface area contributed by atoms with Crippen molar-refractivity contribution in [1.82, 2.24) is 19.6 Å². The van der Waals surface area contributed by atoms with Crippen LogP contribution < -0.4 is 5.32 Å². The Morgan fingerprint density at radius 3 is 2.70 bits per heavy atom. The monoisotopic (exact) mass is 397 g/mol. The second-order valence-electron chi connectivity index (χ2n) is 5.83. The molecule has 0 radical (unpaired) electrons. The lowest BCUT2D eigenvalue weighted by Gasteiger charge is -2.05. The number of nitrogens with one attached hydrogen (secondary N) is 1. The van der Waals surface area contributed by atoms with Crippen LogP contribution in [0.3, 0.4) is 0 Å². The van der Waals surface area contributed by atoms with Gasteiger partial charge >= 0.3 is 0 Å². The van der Waals surface area contributed by atoms with Crippen LogP contribution in [0, 0.1) is 12.7 Å². The SMILES string of the molecule is Cc1cc(C(F)F)nn1CC(=O)Nc1nn(Cc2ccccc2F)cc1Cl. The van der Waals surface area contributed by atoms with Crippen molar-refractivity contribution in [3.63, 3.8) is 0 Å². The molecule has 1 aromatic carbocycles. The summed E-state index contributed by atoms with van der Waals surface area (Å²) in [6.07, 6.45) is -1.26. The number of carbonyl (C=O) groups excluding carboxylic acids is 1. The van der Waals surface area contributed by atoms with E-state index < -0.39 is 18.0 Å². The summed E-state index contributed by atoms with van der Waals surface area (Å²) in [5.74, 6) is -0.810. The molecule has 0 fully saturated rings. The first-order valence-corrected chi connectivity index (χ1v) is 8.30. The highest BCUT2D eigenvalue weighted by atomic mass is 35.5. The fraction of sp³-hybridized carbons (Fsp3) is 0.235. The molecule has 0 aliphatic carbocycles. The van der Waals surface area contributed by atoms with Gasteiger partial charge in [0.05, 0.1) is 6.54 Å². The number of anilines is 1. The smallest absolute Gasteiger partial charge is 0.282 e. The molecular weight excluding hydrogens is 383 g/mol. The van der Waals surface area contributed by atoms with E-state index >= 15 is 0 Å². The van der Waals surface area contributed by atoms with Crippen molar-refractivity contribution in [2.45, 2.75) is 26.4 Å². The highest BCUT2D eigenvalue weighted by molar-refractivity contribution is 6.33. The molecule has 3 aromatic rings. The highest BCUT2D eigenvalue weighted by Crippen LogP contribution is 2.21. The zero-order valence-electron chi connectivity index (χ0n) is 14.2. The number of hydrogen-bond donors (Lipinski definition) is 1. The number of benzene rings is 1. The highest BCUT2D eigenvalue weighted by Gasteiger charge is 2.17. The second kappa shape index (κ2) is 7.83. The lowest BCUT2D eigenvalue weighted by atomic mass is 10.2. The maximum Gasteiger partial charge on any atom is 0.282 e. The molecule has 0 unspecified atom stereocenters. The quantitative estimate of drug-likeness (QED) is 0.688. The third kappa shape index (κ3) is 4.48. The minimum Gasteiger partial charge on any atom is -0.306 e. The van der Waals surface area contributed by atoms with Crippen LogP contribution in [-0.2, 0) is 17.9 Å². The van der Waals surface area contributed by atoms with E-state index in [1.807, 2.05) is 0 Å². The first-order chi connectivity index (χ1) is 12.8. The van der Waals surface area contributed by atoms with E-state index in [4.69, 9.17) is 11.6 Å². The van der Waals surface area contributed by atoms with Gasteiger partial charge in [-0.05, 0) is 19.1 Å². The molecule has 0 saturated heterocycles. The topological polar surface area (TPSA) is 64.7 Å². The maximum absolute atomic E-state index is 13.7. The third-order valence-corrected chi connectivity index (χ3v) is 4.06. The van der Waals surface area contributed by atoms with Crippen LogP contribution in [0.5, 0.6) is 0 Å². The standard InChI is InChI=1S/C17H15ClF3N5O/c1-10-6-14(16(20)21)23-26(10)9-15(27)22-17-12(18)8-25(24-17)7-11-4-2-3-5-13(11)19/h2-6,8,16H,7,9H2,1H3,(H,22,24,27). The van der Waals surface area contributed by atoms with Gasteiger partial charge in [0.2, 0.25) is 5.91 Å². The van der Waals surface area contributed by atoms with Gasteiger partial charge in [-0.3, -0.25) is 14.2 Å². The van der Waals surface area contributed by atoms with Gasteiger partial charge in [0, 0.05) is 17.5 Å². The van der Waals surface area contributed by atoms with E-state index in [0.717, 1.165) is 0 Å². The number of amides is 1. The molecule has 0 atom stereocenters. The lowest BCUT2D eigenvalue weighted by molar-refractivity contribution is -0.117.